The Bertz CT molecular complexity index is 884. The first kappa shape index (κ1) is 16.1. The first-order valence-electron chi connectivity index (χ1n) is 7.33. The summed E-state index contributed by atoms with van der Waals surface area (Å²) in [5.74, 6) is -0.0106. The van der Waals surface area contributed by atoms with Crippen LogP contribution < -0.4 is 4.90 Å². The normalized spacial score (nSPS) is 11.3. The lowest BCUT2D eigenvalue weighted by Crippen LogP contribution is -2.08. The average Bonchev–Trinajstić information content (AvgIpc) is 3.22. The van der Waals surface area contributed by atoms with Crippen molar-refractivity contribution in [3.8, 4) is 0 Å². The molecule has 0 saturated carbocycles. The number of hydrogen-bond donors (Lipinski definition) is 0. The molecule has 7 nitrogen and oxygen atoms in total. The Morgan fingerprint density at radius 2 is 2.17 bits per heavy atom. The second kappa shape index (κ2) is 6.79. The lowest BCUT2D eigenvalue weighted by molar-refractivity contribution is 0.0532. The van der Waals surface area contributed by atoms with Crippen molar-refractivity contribution in [3.63, 3.8) is 0 Å². The Kier molecular flexibility index (Phi) is 4.57. The minimum Gasteiger partial charge on any atom is -0.462 e. The van der Waals surface area contributed by atoms with E-state index in [9.17, 15) is 4.79 Å². The van der Waals surface area contributed by atoms with Crippen LogP contribution in [0.4, 0.5) is 17.3 Å². The Morgan fingerprint density at radius 3 is 2.83 bits per heavy atom. The molecule has 0 aliphatic carbocycles. The van der Waals surface area contributed by atoms with Crippen LogP contribution in [-0.4, -0.2) is 31.8 Å². The molecule has 2 heterocycles. The molecule has 0 unspecified atom stereocenters. The number of esters is 1. The summed E-state index contributed by atoms with van der Waals surface area (Å²) < 4.78 is 10.9. The van der Waals surface area contributed by atoms with Crippen LogP contribution in [0.3, 0.4) is 0 Å². The molecular formula is C16H16N4O3S. The topological polar surface area (TPSA) is 80.3 Å². The largest absolute Gasteiger partial charge is 0.462 e. The molecule has 0 aliphatic rings. The third-order valence-electron chi connectivity index (χ3n) is 3.28. The SMILES string of the molecule is CCOC(=O)c1cc2c(N(C)C)ccc(/N=N/c3ccno3)c2s1. The van der Waals surface area contributed by atoms with Gasteiger partial charge in [0.05, 0.1) is 17.5 Å². The van der Waals surface area contributed by atoms with Crippen molar-refractivity contribution in [1.29, 1.82) is 0 Å². The summed E-state index contributed by atoms with van der Waals surface area (Å²) in [6.07, 6.45) is 1.50. The van der Waals surface area contributed by atoms with Crippen molar-refractivity contribution in [3.05, 3.63) is 35.3 Å². The van der Waals surface area contributed by atoms with Crippen LogP contribution in [-0.2, 0) is 4.74 Å². The van der Waals surface area contributed by atoms with Gasteiger partial charge in [0.2, 0.25) is 0 Å². The Morgan fingerprint density at radius 1 is 1.33 bits per heavy atom. The van der Waals surface area contributed by atoms with E-state index in [1.807, 2.05) is 37.2 Å². The summed E-state index contributed by atoms with van der Waals surface area (Å²) in [6, 6.07) is 7.26. The molecule has 1 aromatic carbocycles. The zero-order valence-corrected chi connectivity index (χ0v) is 14.3. The molecule has 0 N–H and O–H groups in total. The highest BCUT2D eigenvalue weighted by Crippen LogP contribution is 2.40. The van der Waals surface area contributed by atoms with Gasteiger partial charge in [-0.15, -0.1) is 21.6 Å². The molecule has 0 aliphatic heterocycles. The van der Waals surface area contributed by atoms with Crippen molar-refractivity contribution in [1.82, 2.24) is 5.16 Å². The fraction of sp³-hybridized carbons (Fsp3) is 0.250. The van der Waals surface area contributed by atoms with Crippen LogP contribution in [0.2, 0.25) is 0 Å². The van der Waals surface area contributed by atoms with Gasteiger partial charge in [0.1, 0.15) is 10.6 Å². The van der Waals surface area contributed by atoms with Gasteiger partial charge in [0.15, 0.2) is 0 Å². The molecule has 3 aromatic rings. The van der Waals surface area contributed by atoms with Gasteiger partial charge in [0.25, 0.3) is 5.88 Å². The van der Waals surface area contributed by atoms with E-state index in [-0.39, 0.29) is 5.97 Å². The second-order valence-electron chi connectivity index (χ2n) is 5.12. The van der Waals surface area contributed by atoms with Crippen LogP contribution in [0.5, 0.6) is 0 Å². The number of rotatable bonds is 5. The Balaban J connectivity index is 2.09. The van der Waals surface area contributed by atoms with Crippen molar-refractivity contribution in [2.45, 2.75) is 6.92 Å². The van der Waals surface area contributed by atoms with Gasteiger partial charge in [0, 0.05) is 31.2 Å². The number of anilines is 1. The molecule has 8 heteroatoms. The summed E-state index contributed by atoms with van der Waals surface area (Å²) >= 11 is 1.34. The minimum atomic E-state index is -0.332. The molecule has 124 valence electrons. The maximum atomic E-state index is 12.0. The number of azo groups is 1. The highest BCUT2D eigenvalue weighted by molar-refractivity contribution is 7.21. The summed E-state index contributed by atoms with van der Waals surface area (Å²) in [5.41, 5.74) is 1.66. The zero-order valence-electron chi connectivity index (χ0n) is 13.5. The molecule has 2 aromatic heterocycles. The second-order valence-corrected chi connectivity index (χ2v) is 6.18. The van der Waals surface area contributed by atoms with Gasteiger partial charge in [-0.3, -0.25) is 0 Å². The lowest BCUT2D eigenvalue weighted by Gasteiger charge is -2.13. The van der Waals surface area contributed by atoms with E-state index in [1.165, 1.54) is 17.5 Å². The number of fused-ring (bicyclic) bond motifs is 1. The molecule has 0 fully saturated rings. The van der Waals surface area contributed by atoms with Crippen LogP contribution in [0.15, 0.2) is 45.2 Å². The number of thiophene rings is 1. The van der Waals surface area contributed by atoms with E-state index in [0.29, 0.717) is 23.1 Å². The number of hydrogen-bond acceptors (Lipinski definition) is 8. The Labute approximate surface area is 142 Å². The third kappa shape index (κ3) is 3.13. The number of ether oxygens (including phenoxy) is 1. The Hall–Kier alpha value is -2.74. The molecular weight excluding hydrogens is 328 g/mol. The number of aromatic nitrogens is 1. The van der Waals surface area contributed by atoms with Crippen molar-refractivity contribution in [2.24, 2.45) is 10.2 Å². The van der Waals surface area contributed by atoms with E-state index in [1.54, 1.807) is 13.0 Å². The van der Waals surface area contributed by atoms with E-state index in [0.717, 1.165) is 15.8 Å². The number of carbonyl (C=O) groups is 1. The van der Waals surface area contributed by atoms with Gasteiger partial charge < -0.3 is 14.2 Å². The van der Waals surface area contributed by atoms with E-state index >= 15 is 0 Å². The van der Waals surface area contributed by atoms with Gasteiger partial charge in [-0.25, -0.2) is 4.79 Å². The molecule has 24 heavy (non-hydrogen) atoms. The fourth-order valence-electron chi connectivity index (χ4n) is 2.23. The zero-order chi connectivity index (χ0) is 17.1. The van der Waals surface area contributed by atoms with Gasteiger partial charge in [-0.05, 0) is 25.1 Å². The summed E-state index contributed by atoms with van der Waals surface area (Å²) in [6.45, 7) is 2.12. The van der Waals surface area contributed by atoms with Gasteiger partial charge in [-0.2, -0.15) is 0 Å². The van der Waals surface area contributed by atoms with Crippen molar-refractivity contribution < 1.29 is 14.1 Å². The standard InChI is InChI=1S/C16H16N4O3S/c1-4-22-16(21)13-9-10-12(20(2)3)6-5-11(15(10)24-13)18-19-14-7-8-17-23-14/h5-9H,4H2,1-3H3/b19-18+. The minimum absolute atomic E-state index is 0.321. The quantitative estimate of drug-likeness (QED) is 0.501. The van der Waals surface area contributed by atoms with Crippen LogP contribution in [0.1, 0.15) is 16.6 Å². The first-order valence-corrected chi connectivity index (χ1v) is 8.15. The van der Waals surface area contributed by atoms with Crippen molar-refractivity contribution in [2.75, 3.05) is 25.6 Å². The number of nitrogens with zero attached hydrogens (tertiary/aromatic N) is 4. The smallest absolute Gasteiger partial charge is 0.348 e. The van der Waals surface area contributed by atoms with Gasteiger partial charge >= 0.3 is 5.97 Å². The number of carbonyl (C=O) groups excluding carboxylic acids is 1. The molecule has 0 amide bonds. The van der Waals surface area contributed by atoms with Crippen molar-refractivity contribution >= 4 is 44.7 Å². The van der Waals surface area contributed by atoms with Crippen LogP contribution >= 0.6 is 11.3 Å². The molecule has 0 atom stereocenters. The highest BCUT2D eigenvalue weighted by atomic mass is 32.1. The third-order valence-corrected chi connectivity index (χ3v) is 4.42. The molecule has 3 rings (SSSR count). The summed E-state index contributed by atoms with van der Waals surface area (Å²) in [5, 5.41) is 12.8. The predicted molar refractivity (Wildman–Crippen MR) is 92.8 cm³/mol. The van der Waals surface area contributed by atoms with E-state index in [4.69, 9.17) is 9.26 Å². The molecule has 0 saturated heterocycles. The van der Waals surface area contributed by atoms with Gasteiger partial charge in [-0.1, -0.05) is 5.16 Å². The molecule has 0 bridgehead atoms. The average molecular weight is 344 g/mol. The summed E-state index contributed by atoms with van der Waals surface area (Å²) in [7, 11) is 3.90. The monoisotopic (exact) mass is 344 g/mol. The highest BCUT2D eigenvalue weighted by Gasteiger charge is 2.17. The van der Waals surface area contributed by atoms with Crippen LogP contribution in [0.25, 0.3) is 10.1 Å². The summed E-state index contributed by atoms with van der Waals surface area (Å²) in [4.78, 5) is 14.6. The fourth-order valence-corrected chi connectivity index (χ4v) is 3.26. The van der Waals surface area contributed by atoms with E-state index < -0.39 is 0 Å². The molecule has 0 radical (unpaired) electrons. The maximum absolute atomic E-state index is 12.0. The lowest BCUT2D eigenvalue weighted by atomic mass is 10.2. The first-order chi connectivity index (χ1) is 11.6. The number of benzene rings is 1. The maximum Gasteiger partial charge on any atom is 0.348 e. The van der Waals surface area contributed by atoms with Crippen LogP contribution in [0, 0.1) is 0 Å². The predicted octanol–water partition coefficient (Wildman–Crippen LogP) is 4.55. The molecule has 0 spiro atoms. The van der Waals surface area contributed by atoms with E-state index in [2.05, 4.69) is 15.4 Å².